The third-order valence-corrected chi connectivity index (χ3v) is 2.89. The van der Waals surface area contributed by atoms with Crippen LogP contribution in [0, 0.1) is 0 Å². The van der Waals surface area contributed by atoms with Crippen LogP contribution in [0.5, 0.6) is 0 Å². The number of hydrogen-bond acceptors (Lipinski definition) is 2. The number of halogens is 5. The van der Waals surface area contributed by atoms with Crippen molar-refractivity contribution in [1.82, 2.24) is 0 Å². The van der Waals surface area contributed by atoms with Crippen LogP contribution in [-0.4, -0.2) is 12.0 Å². The fraction of sp³-hybridized carbons (Fsp3) is 0.364. The van der Waals surface area contributed by atoms with Crippen LogP contribution < -0.4 is 5.73 Å². The summed E-state index contributed by atoms with van der Waals surface area (Å²) < 4.78 is 35.8. The van der Waals surface area contributed by atoms with Crippen molar-refractivity contribution in [1.29, 1.82) is 0 Å². The number of benzene rings is 1. The van der Waals surface area contributed by atoms with E-state index in [0.717, 1.165) is 0 Å². The molecule has 0 heterocycles. The second kappa shape index (κ2) is 5.80. The summed E-state index contributed by atoms with van der Waals surface area (Å²) in [5.74, 6) is -0.442. The number of nitrogens with two attached hydrogens (primary N) is 1. The van der Waals surface area contributed by atoms with Crippen molar-refractivity contribution >= 4 is 34.7 Å². The summed E-state index contributed by atoms with van der Waals surface area (Å²) >= 11 is 11.5. The highest BCUT2D eigenvalue weighted by Crippen LogP contribution is 2.30. The van der Waals surface area contributed by atoms with Crippen LogP contribution in [0.2, 0.25) is 10.0 Å². The third kappa shape index (κ3) is 4.38. The molecule has 0 radical (unpaired) electrons. The van der Waals surface area contributed by atoms with Crippen LogP contribution in [-0.2, 0) is 0 Å². The molecule has 0 saturated heterocycles. The lowest BCUT2D eigenvalue weighted by molar-refractivity contribution is -0.135. The molecule has 100 valence electrons. The number of Topliss-reactive ketones (excluding diaryl/α,β-unsaturated/α-hetero) is 1. The summed E-state index contributed by atoms with van der Waals surface area (Å²) in [7, 11) is 0. The maximum absolute atomic E-state index is 11.9. The summed E-state index contributed by atoms with van der Waals surface area (Å²) in [5.41, 5.74) is 5.80. The molecule has 1 aromatic carbocycles. The molecule has 2 N–H and O–H groups in total. The molecule has 0 fully saturated rings. The van der Waals surface area contributed by atoms with Gasteiger partial charge in [-0.05, 0) is 18.6 Å². The molecule has 0 saturated carbocycles. The number of alkyl halides is 3. The van der Waals surface area contributed by atoms with Gasteiger partial charge in [0.25, 0.3) is 0 Å². The molecule has 0 amide bonds. The summed E-state index contributed by atoms with van der Waals surface area (Å²) in [4.78, 5) is 11.6. The van der Waals surface area contributed by atoms with Crippen molar-refractivity contribution in [2.45, 2.75) is 25.4 Å². The first-order valence-electron chi connectivity index (χ1n) is 5.05. The lowest BCUT2D eigenvalue weighted by Gasteiger charge is -2.07. The number of carbonyl (C=O) groups excluding carboxylic acids is 1. The molecular formula is C11H10Cl2F3NO. The highest BCUT2D eigenvalue weighted by molar-refractivity contribution is 6.39. The number of ketones is 1. The molecule has 7 heteroatoms. The maximum Gasteiger partial charge on any atom is 0.389 e. The zero-order valence-corrected chi connectivity index (χ0v) is 10.7. The molecule has 1 rings (SSSR count). The smallest absolute Gasteiger partial charge is 0.389 e. The number of nitrogen functional groups attached to an aromatic ring is 1. The van der Waals surface area contributed by atoms with Crippen molar-refractivity contribution in [3.8, 4) is 0 Å². The highest BCUT2D eigenvalue weighted by atomic mass is 35.5. The lowest BCUT2D eigenvalue weighted by atomic mass is 10.0. The van der Waals surface area contributed by atoms with E-state index in [4.69, 9.17) is 28.9 Å². The third-order valence-electron chi connectivity index (χ3n) is 2.27. The second-order valence-corrected chi connectivity index (χ2v) is 4.56. The number of carbonyl (C=O) groups is 1. The topological polar surface area (TPSA) is 43.1 Å². The molecule has 18 heavy (non-hydrogen) atoms. The summed E-state index contributed by atoms with van der Waals surface area (Å²) in [5, 5.41) is 0.225. The Morgan fingerprint density at radius 2 is 1.72 bits per heavy atom. The van der Waals surface area contributed by atoms with E-state index >= 15 is 0 Å². The first-order chi connectivity index (χ1) is 8.20. The maximum atomic E-state index is 11.9. The van der Waals surface area contributed by atoms with Crippen molar-refractivity contribution in [2.24, 2.45) is 0 Å². The van der Waals surface area contributed by atoms with Crippen molar-refractivity contribution < 1.29 is 18.0 Å². The molecule has 0 aliphatic rings. The molecule has 0 unspecified atom stereocenters. The van der Waals surface area contributed by atoms with Gasteiger partial charge < -0.3 is 5.73 Å². The van der Waals surface area contributed by atoms with Gasteiger partial charge in [0.2, 0.25) is 0 Å². The summed E-state index contributed by atoms with van der Waals surface area (Å²) in [6.45, 7) is 0. The number of hydrogen-bond donors (Lipinski definition) is 1. The van der Waals surface area contributed by atoms with Gasteiger partial charge in [0, 0.05) is 18.4 Å². The first kappa shape index (κ1) is 15.1. The van der Waals surface area contributed by atoms with Crippen LogP contribution in [0.4, 0.5) is 18.9 Å². The normalized spacial score (nSPS) is 11.6. The van der Waals surface area contributed by atoms with E-state index in [1.165, 1.54) is 12.1 Å². The van der Waals surface area contributed by atoms with Crippen molar-refractivity contribution in [3.05, 3.63) is 27.7 Å². The first-order valence-corrected chi connectivity index (χ1v) is 5.81. The van der Waals surface area contributed by atoms with Crippen LogP contribution in [0.3, 0.4) is 0 Å². The second-order valence-electron chi connectivity index (χ2n) is 3.75. The fourth-order valence-corrected chi connectivity index (χ4v) is 1.83. The van der Waals surface area contributed by atoms with Crippen LogP contribution in [0.15, 0.2) is 12.1 Å². The summed E-state index contributed by atoms with van der Waals surface area (Å²) in [6, 6.07) is 2.61. The molecule has 2 nitrogen and oxygen atoms in total. The predicted octanol–water partition coefficient (Wildman–Crippen LogP) is 4.49. The minimum absolute atomic E-state index is 0.113. The molecule has 0 atom stereocenters. The quantitative estimate of drug-likeness (QED) is 0.657. The van der Waals surface area contributed by atoms with Gasteiger partial charge in [-0.15, -0.1) is 0 Å². The van der Waals surface area contributed by atoms with E-state index in [1.54, 1.807) is 0 Å². The van der Waals surface area contributed by atoms with E-state index in [-0.39, 0.29) is 34.1 Å². The van der Waals surface area contributed by atoms with Gasteiger partial charge in [0.1, 0.15) is 0 Å². The molecular weight excluding hydrogens is 290 g/mol. The molecule has 0 aliphatic heterocycles. The van der Waals surface area contributed by atoms with Gasteiger partial charge in [-0.3, -0.25) is 4.79 Å². The SMILES string of the molecule is Nc1c(Cl)cc(C(=O)CCCC(F)(F)F)cc1Cl. The van der Waals surface area contributed by atoms with Crippen LogP contribution in [0.25, 0.3) is 0 Å². The Morgan fingerprint density at radius 3 is 2.17 bits per heavy atom. The standard InChI is InChI=1S/C11H10Cl2F3NO/c12-7-4-6(5-8(13)10(7)17)9(18)2-1-3-11(14,15)16/h4-5H,1-3,17H2. The Balaban J connectivity index is 2.68. The minimum atomic E-state index is -4.25. The van der Waals surface area contributed by atoms with Crippen LogP contribution in [0.1, 0.15) is 29.6 Å². The minimum Gasteiger partial charge on any atom is -0.396 e. The van der Waals surface area contributed by atoms with Gasteiger partial charge in [-0.1, -0.05) is 23.2 Å². The molecule has 1 aromatic rings. The van der Waals surface area contributed by atoms with E-state index in [2.05, 4.69) is 0 Å². The zero-order chi connectivity index (χ0) is 13.9. The predicted molar refractivity (Wildman–Crippen MR) is 65.1 cm³/mol. The molecule has 0 spiro atoms. The van der Waals surface area contributed by atoms with E-state index in [9.17, 15) is 18.0 Å². The van der Waals surface area contributed by atoms with Crippen molar-refractivity contribution in [3.63, 3.8) is 0 Å². The Kier molecular flexibility index (Phi) is 4.87. The Labute approximate surface area is 112 Å². The fourth-order valence-electron chi connectivity index (χ4n) is 1.34. The lowest BCUT2D eigenvalue weighted by Crippen LogP contribution is -2.08. The molecule has 0 bridgehead atoms. The van der Waals surface area contributed by atoms with Gasteiger partial charge in [-0.25, -0.2) is 0 Å². The van der Waals surface area contributed by atoms with Gasteiger partial charge in [0.05, 0.1) is 15.7 Å². The van der Waals surface area contributed by atoms with Gasteiger partial charge >= 0.3 is 6.18 Å². The molecule has 0 aromatic heterocycles. The Hall–Kier alpha value is -0.940. The Morgan fingerprint density at radius 1 is 1.22 bits per heavy atom. The number of rotatable bonds is 4. The van der Waals surface area contributed by atoms with Gasteiger partial charge in [0.15, 0.2) is 5.78 Å². The van der Waals surface area contributed by atoms with E-state index in [1.807, 2.05) is 0 Å². The zero-order valence-electron chi connectivity index (χ0n) is 9.15. The number of anilines is 1. The Bertz CT molecular complexity index is 437. The van der Waals surface area contributed by atoms with Gasteiger partial charge in [-0.2, -0.15) is 13.2 Å². The van der Waals surface area contributed by atoms with Crippen molar-refractivity contribution in [2.75, 3.05) is 5.73 Å². The average Bonchev–Trinajstić information content (AvgIpc) is 2.23. The van der Waals surface area contributed by atoms with E-state index < -0.39 is 18.4 Å². The van der Waals surface area contributed by atoms with E-state index in [0.29, 0.717) is 0 Å². The summed E-state index contributed by atoms with van der Waals surface area (Å²) in [6.07, 6.45) is -5.72. The van der Waals surface area contributed by atoms with Crippen LogP contribution >= 0.6 is 23.2 Å². The largest absolute Gasteiger partial charge is 0.396 e. The average molecular weight is 300 g/mol. The molecule has 0 aliphatic carbocycles. The monoisotopic (exact) mass is 299 g/mol. The highest BCUT2D eigenvalue weighted by Gasteiger charge is 2.26.